The Morgan fingerprint density at radius 3 is 2.19 bits per heavy atom. The molecule has 0 saturated carbocycles. The monoisotopic (exact) mass is 215 g/mol. The summed E-state index contributed by atoms with van der Waals surface area (Å²) in [6.45, 7) is 3.70. The van der Waals surface area contributed by atoms with Crippen LogP contribution in [0.15, 0.2) is 41.2 Å². The molecular formula is C13H13NO2. The molecule has 3 heteroatoms. The number of nitrogens with zero attached hydrogens (tertiary/aromatic N) is 1. The highest BCUT2D eigenvalue weighted by Gasteiger charge is 2.07. The fourth-order valence-corrected chi connectivity index (χ4v) is 1.89. The first kappa shape index (κ1) is 10.5. The number of pyridine rings is 1. The van der Waals surface area contributed by atoms with Gasteiger partial charge in [0.1, 0.15) is 5.75 Å². The van der Waals surface area contributed by atoms with E-state index in [1.165, 1.54) is 0 Å². The zero-order valence-corrected chi connectivity index (χ0v) is 9.27. The molecule has 0 unspecified atom stereocenters. The largest absolute Gasteiger partial charge is 0.506 e. The number of benzene rings is 1. The summed E-state index contributed by atoms with van der Waals surface area (Å²) in [6, 6.07) is 10.2. The van der Waals surface area contributed by atoms with Gasteiger partial charge in [-0.3, -0.25) is 4.79 Å². The van der Waals surface area contributed by atoms with Crippen molar-refractivity contribution in [2.45, 2.75) is 13.8 Å². The predicted molar refractivity (Wildman–Crippen MR) is 63.2 cm³/mol. The number of hydrogen-bond donors (Lipinski definition) is 1. The third-order valence-electron chi connectivity index (χ3n) is 2.53. The highest BCUT2D eigenvalue weighted by molar-refractivity contribution is 5.47. The molecule has 1 N–H and O–H groups in total. The van der Waals surface area contributed by atoms with Gasteiger partial charge in [0, 0.05) is 23.5 Å². The lowest BCUT2D eigenvalue weighted by atomic mass is 10.2. The molecule has 16 heavy (non-hydrogen) atoms. The highest BCUT2D eigenvalue weighted by Crippen LogP contribution is 2.22. The summed E-state index contributed by atoms with van der Waals surface area (Å²) >= 11 is 0. The maximum atomic E-state index is 11.3. The first-order valence-corrected chi connectivity index (χ1v) is 5.08. The summed E-state index contributed by atoms with van der Waals surface area (Å²) in [5.74, 6) is 0.206. The zero-order valence-electron chi connectivity index (χ0n) is 9.27. The van der Waals surface area contributed by atoms with Crippen LogP contribution in [-0.4, -0.2) is 9.67 Å². The molecular weight excluding hydrogens is 202 g/mol. The van der Waals surface area contributed by atoms with Crippen LogP contribution in [0, 0.1) is 13.8 Å². The van der Waals surface area contributed by atoms with Crippen LogP contribution in [0.5, 0.6) is 5.75 Å². The Morgan fingerprint density at radius 2 is 1.62 bits per heavy atom. The van der Waals surface area contributed by atoms with Crippen molar-refractivity contribution in [1.29, 1.82) is 0 Å². The Labute approximate surface area is 93.6 Å². The maximum Gasteiger partial charge on any atom is 0.182 e. The minimum absolute atomic E-state index is 0.0123. The van der Waals surface area contributed by atoms with Gasteiger partial charge in [0.2, 0.25) is 0 Å². The van der Waals surface area contributed by atoms with Gasteiger partial charge >= 0.3 is 0 Å². The SMILES string of the molecule is Cc1cc(=O)cc(C)n1-c1ccccc1O. The van der Waals surface area contributed by atoms with Crippen molar-refractivity contribution < 1.29 is 5.11 Å². The molecule has 0 fully saturated rings. The standard InChI is InChI=1S/C13H13NO2/c1-9-7-11(15)8-10(2)14(9)12-5-3-4-6-13(12)16/h3-8,16H,1-2H3. The van der Waals surface area contributed by atoms with E-state index in [0.29, 0.717) is 5.69 Å². The number of rotatable bonds is 1. The molecule has 82 valence electrons. The van der Waals surface area contributed by atoms with Crippen LogP contribution in [-0.2, 0) is 0 Å². The van der Waals surface area contributed by atoms with E-state index in [2.05, 4.69) is 0 Å². The van der Waals surface area contributed by atoms with Crippen molar-refractivity contribution in [1.82, 2.24) is 4.57 Å². The lowest BCUT2D eigenvalue weighted by molar-refractivity contribution is 0.471. The number of hydrogen-bond acceptors (Lipinski definition) is 2. The van der Waals surface area contributed by atoms with Crippen molar-refractivity contribution in [2.75, 3.05) is 0 Å². The molecule has 0 atom stereocenters. The minimum Gasteiger partial charge on any atom is -0.506 e. The van der Waals surface area contributed by atoms with Crippen LogP contribution < -0.4 is 5.43 Å². The van der Waals surface area contributed by atoms with E-state index >= 15 is 0 Å². The molecule has 1 aromatic carbocycles. The predicted octanol–water partition coefficient (Wildman–Crippen LogP) is 2.16. The normalized spacial score (nSPS) is 10.4. The fourth-order valence-electron chi connectivity index (χ4n) is 1.89. The van der Waals surface area contributed by atoms with Gasteiger partial charge in [0.15, 0.2) is 5.43 Å². The van der Waals surface area contributed by atoms with E-state index in [1.807, 2.05) is 30.5 Å². The van der Waals surface area contributed by atoms with E-state index in [4.69, 9.17) is 0 Å². The van der Waals surface area contributed by atoms with E-state index in [1.54, 1.807) is 24.3 Å². The fraction of sp³-hybridized carbons (Fsp3) is 0.154. The molecule has 1 heterocycles. The van der Waals surface area contributed by atoms with Gasteiger partial charge in [0.05, 0.1) is 5.69 Å². The van der Waals surface area contributed by atoms with Gasteiger partial charge in [-0.15, -0.1) is 0 Å². The third kappa shape index (κ3) is 1.72. The summed E-state index contributed by atoms with van der Waals surface area (Å²) in [7, 11) is 0. The number of aromatic hydroxyl groups is 1. The summed E-state index contributed by atoms with van der Waals surface area (Å²) in [5, 5.41) is 9.78. The second kappa shape index (κ2) is 3.85. The van der Waals surface area contributed by atoms with Crippen LogP contribution in [0.25, 0.3) is 5.69 Å². The number of phenolic OH excluding ortho intramolecular Hbond substituents is 1. The summed E-state index contributed by atoms with van der Waals surface area (Å²) in [5.41, 5.74) is 2.30. The molecule has 2 aromatic rings. The number of aryl methyl sites for hydroxylation is 2. The van der Waals surface area contributed by atoms with E-state index in [0.717, 1.165) is 11.4 Å². The molecule has 2 rings (SSSR count). The molecule has 1 aromatic heterocycles. The lowest BCUT2D eigenvalue weighted by Crippen LogP contribution is -2.11. The Hall–Kier alpha value is -2.03. The Balaban J connectivity index is 2.75. The van der Waals surface area contributed by atoms with E-state index in [-0.39, 0.29) is 11.2 Å². The molecule has 0 aliphatic heterocycles. The van der Waals surface area contributed by atoms with Crippen LogP contribution in [0.1, 0.15) is 11.4 Å². The molecule has 0 aliphatic rings. The van der Waals surface area contributed by atoms with Crippen molar-refractivity contribution in [3.63, 3.8) is 0 Å². The maximum absolute atomic E-state index is 11.3. The molecule has 0 radical (unpaired) electrons. The highest BCUT2D eigenvalue weighted by atomic mass is 16.3. The molecule has 3 nitrogen and oxygen atoms in total. The van der Waals surface area contributed by atoms with Crippen molar-refractivity contribution >= 4 is 0 Å². The van der Waals surface area contributed by atoms with Crippen LogP contribution in [0.2, 0.25) is 0 Å². The first-order chi connectivity index (χ1) is 7.59. The molecule has 0 bridgehead atoms. The van der Waals surface area contributed by atoms with Crippen LogP contribution >= 0.6 is 0 Å². The second-order valence-electron chi connectivity index (χ2n) is 3.80. The first-order valence-electron chi connectivity index (χ1n) is 5.08. The van der Waals surface area contributed by atoms with Gasteiger partial charge in [0.25, 0.3) is 0 Å². The van der Waals surface area contributed by atoms with Crippen LogP contribution in [0.3, 0.4) is 0 Å². The molecule has 0 aliphatic carbocycles. The minimum atomic E-state index is -0.0123. The van der Waals surface area contributed by atoms with Gasteiger partial charge in [-0.1, -0.05) is 12.1 Å². The zero-order chi connectivity index (χ0) is 11.7. The Kier molecular flexibility index (Phi) is 2.52. The smallest absolute Gasteiger partial charge is 0.182 e. The summed E-state index contributed by atoms with van der Waals surface area (Å²) in [4.78, 5) is 11.3. The Bertz CT molecular complexity index is 558. The second-order valence-corrected chi connectivity index (χ2v) is 3.80. The van der Waals surface area contributed by atoms with Crippen molar-refractivity contribution in [2.24, 2.45) is 0 Å². The molecule has 0 saturated heterocycles. The van der Waals surface area contributed by atoms with Gasteiger partial charge < -0.3 is 9.67 Å². The number of aromatic nitrogens is 1. The van der Waals surface area contributed by atoms with Crippen molar-refractivity contribution in [3.05, 3.63) is 58.0 Å². The van der Waals surface area contributed by atoms with Crippen LogP contribution in [0.4, 0.5) is 0 Å². The number of phenols is 1. The molecule has 0 amide bonds. The van der Waals surface area contributed by atoms with E-state index < -0.39 is 0 Å². The topological polar surface area (TPSA) is 42.2 Å². The van der Waals surface area contributed by atoms with Gasteiger partial charge in [-0.2, -0.15) is 0 Å². The van der Waals surface area contributed by atoms with Crippen molar-refractivity contribution in [3.8, 4) is 11.4 Å². The third-order valence-corrected chi connectivity index (χ3v) is 2.53. The Morgan fingerprint density at radius 1 is 1.06 bits per heavy atom. The lowest BCUT2D eigenvalue weighted by Gasteiger charge is -2.15. The number of para-hydroxylation sites is 2. The summed E-state index contributed by atoms with van der Waals surface area (Å²) in [6.07, 6.45) is 0. The quantitative estimate of drug-likeness (QED) is 0.792. The van der Waals surface area contributed by atoms with Gasteiger partial charge in [-0.25, -0.2) is 0 Å². The average Bonchev–Trinajstić information content (AvgIpc) is 2.19. The van der Waals surface area contributed by atoms with Gasteiger partial charge in [-0.05, 0) is 26.0 Å². The average molecular weight is 215 g/mol. The van der Waals surface area contributed by atoms with E-state index in [9.17, 15) is 9.90 Å². The summed E-state index contributed by atoms with van der Waals surface area (Å²) < 4.78 is 1.86. The molecule has 0 spiro atoms.